The summed E-state index contributed by atoms with van der Waals surface area (Å²) in [5, 5.41) is 3.58. The van der Waals surface area contributed by atoms with E-state index in [2.05, 4.69) is 33.0 Å². The molecule has 0 aliphatic rings. The number of hydrogen-bond donors (Lipinski definition) is 1. The summed E-state index contributed by atoms with van der Waals surface area (Å²) in [5.74, 6) is 0. The summed E-state index contributed by atoms with van der Waals surface area (Å²) in [4.78, 5) is 0. The quantitative estimate of drug-likeness (QED) is 0.637. The van der Waals surface area contributed by atoms with Crippen LogP contribution in [0.2, 0.25) is 0 Å². The fourth-order valence-electron chi connectivity index (χ4n) is 1.68. The van der Waals surface area contributed by atoms with Crippen LogP contribution in [0.5, 0.6) is 0 Å². The van der Waals surface area contributed by atoms with Gasteiger partial charge in [-0.3, -0.25) is 0 Å². The summed E-state index contributed by atoms with van der Waals surface area (Å²) in [5.41, 5.74) is 0.0447. The van der Waals surface area contributed by atoms with E-state index in [0.29, 0.717) is 6.04 Å². The SMILES string of the molecule is CCCNC(CC)CCCC(C)(C)OC. The standard InChI is InChI=1S/C13H29NO/c1-6-11-14-12(7-2)9-8-10-13(3,4)15-5/h12,14H,6-11H2,1-5H3. The maximum absolute atomic E-state index is 5.41. The van der Waals surface area contributed by atoms with E-state index in [4.69, 9.17) is 4.74 Å². The molecule has 0 spiro atoms. The van der Waals surface area contributed by atoms with Gasteiger partial charge in [-0.25, -0.2) is 0 Å². The maximum atomic E-state index is 5.41. The number of rotatable bonds is 9. The van der Waals surface area contributed by atoms with Gasteiger partial charge in [0, 0.05) is 13.2 Å². The fourth-order valence-corrected chi connectivity index (χ4v) is 1.68. The minimum absolute atomic E-state index is 0.0447. The van der Waals surface area contributed by atoms with Crippen molar-refractivity contribution in [3.63, 3.8) is 0 Å². The molecule has 0 saturated carbocycles. The van der Waals surface area contributed by atoms with Crippen LogP contribution in [0.4, 0.5) is 0 Å². The molecule has 0 aliphatic heterocycles. The van der Waals surface area contributed by atoms with E-state index in [-0.39, 0.29) is 5.60 Å². The fraction of sp³-hybridized carbons (Fsp3) is 1.00. The highest BCUT2D eigenvalue weighted by atomic mass is 16.5. The molecule has 1 N–H and O–H groups in total. The maximum Gasteiger partial charge on any atom is 0.0622 e. The van der Waals surface area contributed by atoms with E-state index in [1.54, 1.807) is 7.11 Å². The van der Waals surface area contributed by atoms with Crippen molar-refractivity contribution in [2.75, 3.05) is 13.7 Å². The number of hydrogen-bond acceptors (Lipinski definition) is 2. The van der Waals surface area contributed by atoms with Gasteiger partial charge in [0.25, 0.3) is 0 Å². The van der Waals surface area contributed by atoms with Crippen molar-refractivity contribution in [1.82, 2.24) is 5.32 Å². The van der Waals surface area contributed by atoms with Gasteiger partial charge in [-0.05, 0) is 52.5 Å². The van der Waals surface area contributed by atoms with Crippen molar-refractivity contribution in [3.05, 3.63) is 0 Å². The van der Waals surface area contributed by atoms with E-state index >= 15 is 0 Å². The predicted octanol–water partition coefficient (Wildman–Crippen LogP) is 3.36. The van der Waals surface area contributed by atoms with Gasteiger partial charge in [0.1, 0.15) is 0 Å². The molecule has 2 heteroatoms. The molecule has 0 aliphatic carbocycles. The Labute approximate surface area is 95.8 Å². The molecule has 15 heavy (non-hydrogen) atoms. The van der Waals surface area contributed by atoms with Gasteiger partial charge >= 0.3 is 0 Å². The summed E-state index contributed by atoms with van der Waals surface area (Å²) in [7, 11) is 1.80. The Balaban J connectivity index is 3.62. The molecule has 0 aromatic rings. The van der Waals surface area contributed by atoms with Crippen molar-refractivity contribution in [3.8, 4) is 0 Å². The lowest BCUT2D eigenvalue weighted by Crippen LogP contribution is -2.30. The second kappa shape index (κ2) is 8.12. The van der Waals surface area contributed by atoms with Crippen LogP contribution in [-0.4, -0.2) is 25.3 Å². The third kappa shape index (κ3) is 7.80. The zero-order chi connectivity index (χ0) is 11.7. The lowest BCUT2D eigenvalue weighted by Gasteiger charge is -2.24. The van der Waals surface area contributed by atoms with Crippen LogP contribution in [0.25, 0.3) is 0 Å². The van der Waals surface area contributed by atoms with Crippen LogP contribution in [0.15, 0.2) is 0 Å². The first-order chi connectivity index (χ1) is 7.05. The molecular formula is C13H29NO. The van der Waals surface area contributed by atoms with E-state index in [1.807, 2.05) is 0 Å². The minimum Gasteiger partial charge on any atom is -0.379 e. The first kappa shape index (κ1) is 14.9. The van der Waals surface area contributed by atoms with E-state index in [1.165, 1.54) is 25.7 Å². The van der Waals surface area contributed by atoms with Crippen LogP contribution in [0.1, 0.15) is 59.8 Å². The summed E-state index contributed by atoms with van der Waals surface area (Å²) in [6, 6.07) is 0.692. The largest absolute Gasteiger partial charge is 0.379 e. The van der Waals surface area contributed by atoms with E-state index in [9.17, 15) is 0 Å². The normalized spacial score (nSPS) is 14.2. The Kier molecular flexibility index (Phi) is 8.07. The Morgan fingerprint density at radius 1 is 1.27 bits per heavy atom. The highest BCUT2D eigenvalue weighted by molar-refractivity contribution is 4.71. The third-order valence-electron chi connectivity index (χ3n) is 3.06. The Morgan fingerprint density at radius 3 is 2.40 bits per heavy atom. The molecule has 0 fully saturated rings. The van der Waals surface area contributed by atoms with Gasteiger partial charge < -0.3 is 10.1 Å². The first-order valence-corrected chi connectivity index (χ1v) is 6.34. The molecule has 1 unspecified atom stereocenters. The molecule has 0 saturated heterocycles. The van der Waals surface area contributed by atoms with Crippen LogP contribution in [0, 0.1) is 0 Å². The van der Waals surface area contributed by atoms with Crippen molar-refractivity contribution in [2.24, 2.45) is 0 Å². The Morgan fingerprint density at radius 2 is 1.93 bits per heavy atom. The second-order valence-corrected chi connectivity index (χ2v) is 4.92. The molecule has 0 rings (SSSR count). The van der Waals surface area contributed by atoms with E-state index < -0.39 is 0 Å². The molecule has 92 valence electrons. The molecule has 0 amide bonds. The van der Waals surface area contributed by atoms with Crippen LogP contribution in [0.3, 0.4) is 0 Å². The van der Waals surface area contributed by atoms with Crippen molar-refractivity contribution in [2.45, 2.75) is 71.4 Å². The average Bonchev–Trinajstić information content (AvgIpc) is 2.23. The lowest BCUT2D eigenvalue weighted by molar-refractivity contribution is 0.0129. The number of nitrogens with one attached hydrogen (secondary N) is 1. The minimum atomic E-state index is 0.0447. The Hall–Kier alpha value is -0.0800. The third-order valence-corrected chi connectivity index (χ3v) is 3.06. The van der Waals surface area contributed by atoms with Gasteiger partial charge in [-0.1, -0.05) is 13.8 Å². The van der Waals surface area contributed by atoms with Crippen LogP contribution < -0.4 is 5.32 Å². The molecular weight excluding hydrogens is 186 g/mol. The van der Waals surface area contributed by atoms with Gasteiger partial charge in [0.15, 0.2) is 0 Å². The molecule has 0 heterocycles. The lowest BCUT2D eigenvalue weighted by atomic mass is 9.98. The summed E-state index contributed by atoms with van der Waals surface area (Å²) < 4.78 is 5.41. The number of methoxy groups -OCH3 is 1. The van der Waals surface area contributed by atoms with Crippen LogP contribution >= 0.6 is 0 Å². The molecule has 0 aromatic carbocycles. The summed E-state index contributed by atoms with van der Waals surface area (Å²) in [6.45, 7) is 9.94. The van der Waals surface area contributed by atoms with Gasteiger partial charge in [0.05, 0.1) is 5.60 Å². The average molecular weight is 215 g/mol. The highest BCUT2D eigenvalue weighted by Crippen LogP contribution is 2.17. The number of ether oxygens (including phenoxy) is 1. The molecule has 0 bridgehead atoms. The molecule has 1 atom stereocenters. The van der Waals surface area contributed by atoms with Gasteiger partial charge in [-0.15, -0.1) is 0 Å². The van der Waals surface area contributed by atoms with Crippen molar-refractivity contribution in [1.29, 1.82) is 0 Å². The van der Waals surface area contributed by atoms with Crippen molar-refractivity contribution < 1.29 is 4.74 Å². The zero-order valence-electron chi connectivity index (χ0n) is 11.2. The molecule has 2 nitrogen and oxygen atoms in total. The monoisotopic (exact) mass is 215 g/mol. The summed E-state index contributed by atoms with van der Waals surface area (Å²) in [6.07, 6.45) is 6.11. The molecule has 0 radical (unpaired) electrons. The summed E-state index contributed by atoms with van der Waals surface area (Å²) >= 11 is 0. The zero-order valence-corrected chi connectivity index (χ0v) is 11.2. The first-order valence-electron chi connectivity index (χ1n) is 6.34. The van der Waals surface area contributed by atoms with Gasteiger partial charge in [-0.2, -0.15) is 0 Å². The highest BCUT2D eigenvalue weighted by Gasteiger charge is 2.16. The van der Waals surface area contributed by atoms with Crippen molar-refractivity contribution >= 4 is 0 Å². The predicted molar refractivity (Wildman–Crippen MR) is 67.3 cm³/mol. The van der Waals surface area contributed by atoms with Gasteiger partial charge in [0.2, 0.25) is 0 Å². The molecule has 0 aromatic heterocycles. The topological polar surface area (TPSA) is 21.3 Å². The second-order valence-electron chi connectivity index (χ2n) is 4.92. The van der Waals surface area contributed by atoms with E-state index in [0.717, 1.165) is 13.0 Å². The van der Waals surface area contributed by atoms with Crippen LogP contribution in [-0.2, 0) is 4.74 Å². The Bertz CT molecular complexity index is 145. The smallest absolute Gasteiger partial charge is 0.0622 e.